The maximum absolute atomic E-state index is 12.5. The fourth-order valence-electron chi connectivity index (χ4n) is 3.07. The van der Waals surface area contributed by atoms with Gasteiger partial charge in [0.1, 0.15) is 0 Å². The Hall–Kier alpha value is -1.38. The van der Waals surface area contributed by atoms with Gasteiger partial charge >= 0.3 is 138 Å². The van der Waals surface area contributed by atoms with E-state index in [9.17, 15) is 9.59 Å². The summed E-state index contributed by atoms with van der Waals surface area (Å²) in [7, 11) is 1.45. The predicted molar refractivity (Wildman–Crippen MR) is 88.2 cm³/mol. The third-order valence-corrected chi connectivity index (χ3v) is 6.81. The minimum atomic E-state index is -0.527. The summed E-state index contributed by atoms with van der Waals surface area (Å²) < 4.78 is 6.44. The average molecular weight is 365 g/mol. The van der Waals surface area contributed by atoms with Crippen LogP contribution in [-0.4, -0.2) is 34.3 Å². The fourth-order valence-corrected chi connectivity index (χ4v) is 5.58. The van der Waals surface area contributed by atoms with Gasteiger partial charge in [-0.05, 0) is 0 Å². The van der Waals surface area contributed by atoms with Gasteiger partial charge in [0, 0.05) is 0 Å². The number of rotatable bonds is 7. The Morgan fingerprint density at radius 3 is 2.82 bits per heavy atom. The molecule has 1 aliphatic rings. The van der Waals surface area contributed by atoms with Crippen LogP contribution in [0.2, 0.25) is 5.32 Å². The second-order valence-corrected chi connectivity index (χ2v) is 7.88. The topological polar surface area (TPSA) is 43.4 Å². The molecule has 1 aromatic carbocycles. The monoisotopic (exact) mass is 366 g/mol. The number of allylic oxidation sites excluding steroid dienone is 2. The molecule has 3 nitrogen and oxygen atoms in total. The van der Waals surface area contributed by atoms with Gasteiger partial charge in [0.15, 0.2) is 0 Å². The van der Waals surface area contributed by atoms with E-state index >= 15 is 0 Å². The normalized spacial score (nSPS) is 24.0. The van der Waals surface area contributed by atoms with Crippen LogP contribution in [0.4, 0.5) is 0 Å². The number of carbonyl (C=O) groups is 2. The second kappa shape index (κ2) is 8.30. The molecule has 118 valence electrons. The van der Waals surface area contributed by atoms with E-state index in [1.807, 2.05) is 6.07 Å². The molecule has 0 bridgehead atoms. The zero-order valence-corrected chi connectivity index (χ0v) is 14.6. The molecule has 0 aliphatic heterocycles. The molecule has 1 aromatic rings. The number of hydrogen-bond acceptors (Lipinski definition) is 3. The zero-order valence-electron chi connectivity index (χ0n) is 12.9. The number of aldehydes is 1. The van der Waals surface area contributed by atoms with Gasteiger partial charge in [-0.3, -0.25) is 0 Å². The summed E-state index contributed by atoms with van der Waals surface area (Å²) in [5.41, 5.74) is -0.527. The van der Waals surface area contributed by atoms with Crippen molar-refractivity contribution >= 4 is 31.7 Å². The van der Waals surface area contributed by atoms with Gasteiger partial charge in [0.25, 0.3) is 0 Å². The number of methoxy groups -OCH3 is 1. The molecule has 0 saturated heterocycles. The van der Waals surface area contributed by atoms with Crippen LogP contribution in [0.25, 0.3) is 0 Å². The Morgan fingerprint density at radius 1 is 1.36 bits per heavy atom. The van der Waals surface area contributed by atoms with Gasteiger partial charge in [0.2, 0.25) is 0 Å². The predicted octanol–water partition coefficient (Wildman–Crippen LogP) is 2.54. The van der Waals surface area contributed by atoms with Crippen LogP contribution >= 0.6 is 0 Å². The molecule has 4 heteroatoms. The van der Waals surface area contributed by atoms with Crippen LogP contribution in [-0.2, 0) is 14.3 Å². The van der Waals surface area contributed by atoms with Gasteiger partial charge in [-0.1, -0.05) is 0 Å². The minimum absolute atomic E-state index is 0.160. The van der Waals surface area contributed by atoms with Crippen LogP contribution in [0.15, 0.2) is 42.5 Å². The Labute approximate surface area is 138 Å². The van der Waals surface area contributed by atoms with Crippen molar-refractivity contribution in [2.75, 3.05) is 7.11 Å². The molecule has 0 saturated carbocycles. The van der Waals surface area contributed by atoms with Crippen LogP contribution in [0, 0.1) is 11.3 Å². The molecule has 0 unspecified atom stereocenters. The number of benzene rings is 1. The van der Waals surface area contributed by atoms with Crippen LogP contribution in [0.5, 0.6) is 0 Å². The van der Waals surface area contributed by atoms with Crippen molar-refractivity contribution in [3.8, 4) is 0 Å². The van der Waals surface area contributed by atoms with E-state index in [0.29, 0.717) is 34.2 Å². The molecule has 0 fully saturated rings. The van der Waals surface area contributed by atoms with Crippen LogP contribution in [0.1, 0.15) is 25.7 Å². The standard InChI is InChI=1S/C18H22O3Se/c1-21-17(20)18(12-7-13-19)11-6-5-8-15(18)14-22-16-9-3-2-4-10-16/h2-6,9-10,13,15H,7-8,11-12,14H2,1H3/t15-,18+/m1/s1. The molecule has 2 rings (SSSR count). The van der Waals surface area contributed by atoms with Crippen molar-refractivity contribution in [1.29, 1.82) is 0 Å². The number of ether oxygens (including phenoxy) is 1. The fraction of sp³-hybridized carbons (Fsp3) is 0.444. The van der Waals surface area contributed by atoms with E-state index in [0.717, 1.165) is 18.0 Å². The van der Waals surface area contributed by atoms with Gasteiger partial charge in [-0.15, -0.1) is 0 Å². The van der Waals surface area contributed by atoms with Crippen molar-refractivity contribution < 1.29 is 14.3 Å². The quantitative estimate of drug-likeness (QED) is 0.323. The zero-order chi connectivity index (χ0) is 15.8. The van der Waals surface area contributed by atoms with E-state index in [-0.39, 0.29) is 11.9 Å². The van der Waals surface area contributed by atoms with Crippen molar-refractivity contribution in [3.63, 3.8) is 0 Å². The number of carbonyl (C=O) groups excluding carboxylic acids is 2. The van der Waals surface area contributed by atoms with Gasteiger partial charge in [-0.2, -0.15) is 0 Å². The van der Waals surface area contributed by atoms with E-state index < -0.39 is 5.41 Å². The third kappa shape index (κ3) is 3.88. The first-order chi connectivity index (χ1) is 10.7. The molecular formula is C18H22O3Se. The molecule has 0 radical (unpaired) electrons. The molecule has 22 heavy (non-hydrogen) atoms. The summed E-state index contributed by atoms with van der Waals surface area (Å²) in [4.78, 5) is 23.3. The van der Waals surface area contributed by atoms with Crippen LogP contribution < -0.4 is 4.46 Å². The summed E-state index contributed by atoms with van der Waals surface area (Å²) >= 11 is 0.331. The summed E-state index contributed by atoms with van der Waals surface area (Å²) in [5.74, 6) is 0.0951. The summed E-state index contributed by atoms with van der Waals surface area (Å²) in [5, 5.41) is 0.995. The molecule has 0 amide bonds. The Kier molecular flexibility index (Phi) is 6.41. The molecule has 1 aliphatic carbocycles. The Balaban J connectivity index is 2.15. The van der Waals surface area contributed by atoms with Crippen molar-refractivity contribution in [2.24, 2.45) is 11.3 Å². The van der Waals surface area contributed by atoms with E-state index in [1.165, 1.54) is 11.6 Å². The number of hydrogen-bond donors (Lipinski definition) is 0. The van der Waals surface area contributed by atoms with E-state index in [1.54, 1.807) is 0 Å². The molecule has 2 atom stereocenters. The SMILES string of the molecule is COC(=O)[C@]1(CCC=O)CC=CC[C@@H]1C[Se]c1ccccc1. The first kappa shape index (κ1) is 17.0. The Bertz CT molecular complexity index is 526. The molecular weight excluding hydrogens is 343 g/mol. The van der Waals surface area contributed by atoms with Crippen LogP contribution in [0.3, 0.4) is 0 Å². The first-order valence-electron chi connectivity index (χ1n) is 7.58. The average Bonchev–Trinajstić information content (AvgIpc) is 2.59. The summed E-state index contributed by atoms with van der Waals surface area (Å²) in [6.07, 6.45) is 7.70. The van der Waals surface area contributed by atoms with Crippen molar-refractivity contribution in [3.05, 3.63) is 42.5 Å². The molecule has 0 aromatic heterocycles. The molecule has 0 heterocycles. The van der Waals surface area contributed by atoms with E-state index in [4.69, 9.17) is 4.74 Å². The maximum atomic E-state index is 12.5. The Morgan fingerprint density at radius 2 is 2.14 bits per heavy atom. The first-order valence-corrected chi connectivity index (χ1v) is 9.64. The van der Waals surface area contributed by atoms with Crippen molar-refractivity contribution in [2.45, 2.75) is 31.0 Å². The molecule has 0 spiro atoms. The van der Waals surface area contributed by atoms with Gasteiger partial charge in [0.05, 0.1) is 0 Å². The second-order valence-electron chi connectivity index (χ2n) is 5.59. The molecule has 0 N–H and O–H groups in total. The summed E-state index contributed by atoms with van der Waals surface area (Å²) in [6.45, 7) is 0. The van der Waals surface area contributed by atoms with Gasteiger partial charge in [-0.25, -0.2) is 0 Å². The summed E-state index contributed by atoms with van der Waals surface area (Å²) in [6, 6.07) is 10.4. The van der Waals surface area contributed by atoms with E-state index in [2.05, 4.69) is 36.4 Å². The number of esters is 1. The third-order valence-electron chi connectivity index (χ3n) is 4.35. The van der Waals surface area contributed by atoms with Crippen molar-refractivity contribution in [1.82, 2.24) is 0 Å². The van der Waals surface area contributed by atoms with Gasteiger partial charge < -0.3 is 0 Å².